The lowest BCUT2D eigenvalue weighted by Gasteiger charge is -2.23. The van der Waals surface area contributed by atoms with Crippen molar-refractivity contribution in [2.45, 2.75) is 56.8 Å². The molecule has 86 valence electrons. The van der Waals surface area contributed by atoms with Gasteiger partial charge in [-0.1, -0.05) is 6.42 Å². The largest absolute Gasteiger partial charge is 0.461 e. The third kappa shape index (κ3) is 2.92. The van der Waals surface area contributed by atoms with Crippen LogP contribution in [0.25, 0.3) is 0 Å². The average molecular weight is 213 g/mol. The highest BCUT2D eigenvalue weighted by Gasteiger charge is 2.31. The van der Waals surface area contributed by atoms with Crippen LogP contribution in [-0.4, -0.2) is 35.9 Å². The molecule has 0 radical (unpaired) electrons. The van der Waals surface area contributed by atoms with Crippen LogP contribution in [0.2, 0.25) is 0 Å². The van der Waals surface area contributed by atoms with Crippen LogP contribution < -0.4 is 5.32 Å². The third-order valence-electron chi connectivity index (χ3n) is 3.23. The molecular weight excluding hydrogens is 194 g/mol. The predicted octanol–water partition coefficient (Wildman–Crippen LogP) is 0.585. The fourth-order valence-electron chi connectivity index (χ4n) is 2.33. The molecule has 2 rings (SSSR count). The molecule has 2 unspecified atom stereocenters. The van der Waals surface area contributed by atoms with Crippen LogP contribution in [-0.2, 0) is 9.53 Å². The van der Waals surface area contributed by atoms with Crippen LogP contribution in [0.4, 0.5) is 0 Å². The smallest absolute Gasteiger partial charge is 0.323 e. The van der Waals surface area contributed by atoms with Crippen molar-refractivity contribution in [3.8, 4) is 0 Å². The van der Waals surface area contributed by atoms with Crippen molar-refractivity contribution in [3.05, 3.63) is 0 Å². The molecule has 0 aromatic rings. The van der Waals surface area contributed by atoms with Crippen molar-refractivity contribution in [2.24, 2.45) is 0 Å². The lowest BCUT2D eigenvalue weighted by molar-refractivity contribution is -0.152. The molecule has 2 atom stereocenters. The van der Waals surface area contributed by atoms with E-state index in [2.05, 4.69) is 5.32 Å². The Bertz CT molecular complexity index is 226. The topological polar surface area (TPSA) is 58.6 Å². The number of aliphatic hydroxyl groups excluding tert-OH is 1. The molecule has 15 heavy (non-hydrogen) atoms. The first-order valence-corrected chi connectivity index (χ1v) is 5.87. The lowest BCUT2D eigenvalue weighted by Crippen LogP contribution is -2.35. The Kier molecular flexibility index (Phi) is 3.59. The minimum absolute atomic E-state index is 0.116. The van der Waals surface area contributed by atoms with E-state index in [4.69, 9.17) is 4.74 Å². The van der Waals surface area contributed by atoms with Gasteiger partial charge in [-0.3, -0.25) is 4.79 Å². The number of hydrogen-bond donors (Lipinski definition) is 2. The van der Waals surface area contributed by atoms with Gasteiger partial charge in [0, 0.05) is 13.0 Å². The molecule has 4 nitrogen and oxygen atoms in total. The molecular formula is C11H19NO3. The minimum Gasteiger partial charge on any atom is -0.461 e. The number of aliphatic hydroxyl groups is 1. The molecule has 2 fully saturated rings. The molecule has 0 amide bonds. The van der Waals surface area contributed by atoms with Gasteiger partial charge in [0.1, 0.15) is 12.1 Å². The Balaban J connectivity index is 1.76. The summed E-state index contributed by atoms with van der Waals surface area (Å²) in [6.07, 6.45) is 5.80. The van der Waals surface area contributed by atoms with Crippen LogP contribution in [0.15, 0.2) is 0 Å². The molecule has 1 aliphatic heterocycles. The number of carbonyl (C=O) groups excluding carboxylic acids is 1. The van der Waals surface area contributed by atoms with Gasteiger partial charge in [0.05, 0.1) is 6.10 Å². The van der Waals surface area contributed by atoms with Gasteiger partial charge >= 0.3 is 5.97 Å². The zero-order valence-corrected chi connectivity index (χ0v) is 8.95. The Morgan fingerprint density at radius 2 is 2.00 bits per heavy atom. The van der Waals surface area contributed by atoms with Crippen LogP contribution in [0.1, 0.15) is 38.5 Å². The zero-order valence-electron chi connectivity index (χ0n) is 8.95. The molecule has 0 aromatic heterocycles. The van der Waals surface area contributed by atoms with E-state index in [9.17, 15) is 9.90 Å². The molecule has 4 heteroatoms. The van der Waals surface area contributed by atoms with E-state index in [1.54, 1.807) is 0 Å². The SMILES string of the molecule is O=C(OC1CCCCC1)C1CC(O)CN1. The third-order valence-corrected chi connectivity index (χ3v) is 3.23. The number of ether oxygens (including phenoxy) is 1. The maximum Gasteiger partial charge on any atom is 0.323 e. The fourth-order valence-corrected chi connectivity index (χ4v) is 2.33. The van der Waals surface area contributed by atoms with Gasteiger partial charge in [-0.05, 0) is 25.7 Å². The normalized spacial score (nSPS) is 32.9. The number of hydrogen-bond acceptors (Lipinski definition) is 4. The van der Waals surface area contributed by atoms with Crippen molar-refractivity contribution in [1.82, 2.24) is 5.32 Å². The van der Waals surface area contributed by atoms with Gasteiger partial charge in [-0.15, -0.1) is 0 Å². The van der Waals surface area contributed by atoms with Gasteiger partial charge in [0.2, 0.25) is 0 Å². The van der Waals surface area contributed by atoms with Crippen molar-refractivity contribution in [1.29, 1.82) is 0 Å². The minimum atomic E-state index is -0.395. The highest BCUT2D eigenvalue weighted by molar-refractivity contribution is 5.76. The number of rotatable bonds is 2. The van der Waals surface area contributed by atoms with E-state index >= 15 is 0 Å². The summed E-state index contributed by atoms with van der Waals surface area (Å²) in [5, 5.41) is 12.3. The Hall–Kier alpha value is -0.610. The molecule has 2 aliphatic rings. The van der Waals surface area contributed by atoms with Crippen molar-refractivity contribution in [2.75, 3.05) is 6.54 Å². The maximum atomic E-state index is 11.7. The molecule has 1 saturated carbocycles. The number of esters is 1. The maximum absolute atomic E-state index is 11.7. The highest BCUT2D eigenvalue weighted by atomic mass is 16.5. The van der Waals surface area contributed by atoms with Crippen molar-refractivity contribution >= 4 is 5.97 Å². The summed E-state index contributed by atoms with van der Waals surface area (Å²) >= 11 is 0. The van der Waals surface area contributed by atoms with Gasteiger partial charge in [0.25, 0.3) is 0 Å². The monoisotopic (exact) mass is 213 g/mol. The Morgan fingerprint density at radius 3 is 2.60 bits per heavy atom. The summed E-state index contributed by atoms with van der Waals surface area (Å²) in [7, 11) is 0. The van der Waals surface area contributed by atoms with E-state index in [0.29, 0.717) is 13.0 Å². The van der Waals surface area contributed by atoms with Gasteiger partial charge in [-0.2, -0.15) is 0 Å². The predicted molar refractivity (Wildman–Crippen MR) is 55.4 cm³/mol. The van der Waals surface area contributed by atoms with Crippen molar-refractivity contribution in [3.63, 3.8) is 0 Å². The van der Waals surface area contributed by atoms with Gasteiger partial charge in [0.15, 0.2) is 0 Å². The first-order valence-electron chi connectivity index (χ1n) is 5.87. The van der Waals surface area contributed by atoms with E-state index in [1.807, 2.05) is 0 Å². The molecule has 1 saturated heterocycles. The highest BCUT2D eigenvalue weighted by Crippen LogP contribution is 2.21. The van der Waals surface area contributed by atoms with Crippen LogP contribution in [0.3, 0.4) is 0 Å². The lowest BCUT2D eigenvalue weighted by atomic mass is 9.98. The van der Waals surface area contributed by atoms with Gasteiger partial charge < -0.3 is 15.2 Å². The standard InChI is InChI=1S/C11H19NO3/c13-8-6-10(12-7-8)11(14)15-9-4-2-1-3-5-9/h8-10,12-13H,1-7H2. The quantitative estimate of drug-likeness (QED) is 0.659. The summed E-state index contributed by atoms with van der Waals surface area (Å²) < 4.78 is 5.41. The first-order chi connectivity index (χ1) is 7.25. The second kappa shape index (κ2) is 4.94. The van der Waals surface area contributed by atoms with E-state index in [-0.39, 0.29) is 18.1 Å². The summed E-state index contributed by atoms with van der Waals surface area (Å²) in [6.45, 7) is 0.504. The van der Waals surface area contributed by atoms with E-state index < -0.39 is 6.10 Å². The second-order valence-corrected chi connectivity index (χ2v) is 4.55. The Labute approximate surface area is 90.0 Å². The molecule has 0 spiro atoms. The van der Waals surface area contributed by atoms with Crippen LogP contribution in [0, 0.1) is 0 Å². The average Bonchev–Trinajstić information content (AvgIpc) is 2.66. The summed E-state index contributed by atoms with van der Waals surface area (Å²) in [4.78, 5) is 11.7. The molecule has 1 aliphatic carbocycles. The van der Waals surface area contributed by atoms with Crippen molar-refractivity contribution < 1.29 is 14.6 Å². The van der Waals surface area contributed by atoms with E-state index in [1.165, 1.54) is 19.3 Å². The Morgan fingerprint density at radius 1 is 1.27 bits per heavy atom. The first kappa shape index (κ1) is 10.9. The number of β-amino-alcohol motifs (C(OH)–C–C–N with tert-alkyl or cyclic N) is 1. The summed E-state index contributed by atoms with van der Waals surface area (Å²) in [5.74, 6) is -0.182. The fraction of sp³-hybridized carbons (Fsp3) is 0.909. The molecule has 2 N–H and O–H groups in total. The molecule has 1 heterocycles. The molecule has 0 bridgehead atoms. The molecule has 0 aromatic carbocycles. The summed E-state index contributed by atoms with van der Waals surface area (Å²) in [5.41, 5.74) is 0. The number of carbonyl (C=O) groups is 1. The number of nitrogens with one attached hydrogen (secondary N) is 1. The second-order valence-electron chi connectivity index (χ2n) is 4.55. The van der Waals surface area contributed by atoms with E-state index in [0.717, 1.165) is 12.8 Å². The van der Waals surface area contributed by atoms with Gasteiger partial charge in [-0.25, -0.2) is 0 Å². The van der Waals surface area contributed by atoms with Crippen LogP contribution >= 0.6 is 0 Å². The zero-order chi connectivity index (χ0) is 10.7. The van der Waals surface area contributed by atoms with Crippen LogP contribution in [0.5, 0.6) is 0 Å². The summed E-state index contributed by atoms with van der Waals surface area (Å²) in [6, 6.07) is -0.290.